The van der Waals surface area contributed by atoms with E-state index in [-0.39, 0.29) is 11.9 Å². The Balaban J connectivity index is 2.70. The Hall–Kier alpha value is -1.10. The summed E-state index contributed by atoms with van der Waals surface area (Å²) >= 11 is 0. The maximum Gasteiger partial charge on any atom is 0.331 e. The normalized spacial score (nSPS) is 18.8. The zero-order valence-electron chi connectivity index (χ0n) is 11.4. The van der Waals surface area contributed by atoms with Crippen LogP contribution in [0.1, 0.15) is 44.9 Å². The molecular weight excluding hydrogens is 232 g/mol. The summed E-state index contributed by atoms with van der Waals surface area (Å²) < 4.78 is 4.88. The molecule has 104 valence electrons. The van der Waals surface area contributed by atoms with E-state index in [1.54, 1.807) is 7.05 Å². The Bertz CT molecular complexity index is 284. The van der Waals surface area contributed by atoms with Gasteiger partial charge >= 0.3 is 5.97 Å². The van der Waals surface area contributed by atoms with E-state index in [1.165, 1.54) is 7.11 Å². The van der Waals surface area contributed by atoms with E-state index in [0.29, 0.717) is 25.8 Å². The molecule has 18 heavy (non-hydrogen) atoms. The minimum Gasteiger partial charge on any atom is -0.467 e. The van der Waals surface area contributed by atoms with Crippen molar-refractivity contribution in [1.82, 2.24) is 10.6 Å². The number of rotatable bonds is 5. The van der Waals surface area contributed by atoms with Crippen LogP contribution in [0.2, 0.25) is 0 Å². The molecule has 1 rings (SSSR count). The number of methoxy groups -OCH3 is 1. The molecule has 0 aromatic carbocycles. The van der Waals surface area contributed by atoms with Crippen molar-refractivity contribution in [2.75, 3.05) is 20.7 Å². The van der Waals surface area contributed by atoms with Gasteiger partial charge in [0.05, 0.1) is 7.11 Å². The zero-order valence-corrected chi connectivity index (χ0v) is 11.4. The van der Waals surface area contributed by atoms with Gasteiger partial charge in [-0.05, 0) is 19.9 Å². The summed E-state index contributed by atoms with van der Waals surface area (Å²) in [6, 6.07) is 0. The van der Waals surface area contributed by atoms with Gasteiger partial charge in [-0.3, -0.25) is 4.79 Å². The van der Waals surface area contributed by atoms with Crippen LogP contribution in [0.5, 0.6) is 0 Å². The second-order valence-electron chi connectivity index (χ2n) is 4.89. The lowest BCUT2D eigenvalue weighted by atomic mass is 9.90. The van der Waals surface area contributed by atoms with Crippen LogP contribution in [-0.4, -0.2) is 38.1 Å². The molecule has 0 aliphatic heterocycles. The van der Waals surface area contributed by atoms with Crippen molar-refractivity contribution in [3.05, 3.63) is 0 Å². The predicted molar refractivity (Wildman–Crippen MR) is 69.1 cm³/mol. The summed E-state index contributed by atoms with van der Waals surface area (Å²) in [7, 11) is 3.18. The van der Waals surface area contributed by atoms with E-state index in [2.05, 4.69) is 10.6 Å². The molecule has 0 saturated heterocycles. The number of hydrogen-bond acceptors (Lipinski definition) is 4. The van der Waals surface area contributed by atoms with Crippen LogP contribution in [-0.2, 0) is 14.3 Å². The van der Waals surface area contributed by atoms with Crippen LogP contribution in [0.3, 0.4) is 0 Å². The highest BCUT2D eigenvalue weighted by molar-refractivity contribution is 5.88. The summed E-state index contributed by atoms with van der Waals surface area (Å²) in [5.74, 6) is -0.390. The number of hydrogen-bond donors (Lipinski definition) is 2. The lowest BCUT2D eigenvalue weighted by Crippen LogP contribution is -2.55. The minimum absolute atomic E-state index is 0.0864. The van der Waals surface area contributed by atoms with Crippen LogP contribution in [0, 0.1) is 0 Å². The molecule has 1 fully saturated rings. The summed E-state index contributed by atoms with van der Waals surface area (Å²) in [6.07, 6.45) is 5.91. The van der Waals surface area contributed by atoms with Gasteiger partial charge in [0.25, 0.3) is 0 Å². The molecule has 0 aromatic rings. The minimum atomic E-state index is -0.796. The van der Waals surface area contributed by atoms with Gasteiger partial charge in [0.15, 0.2) is 0 Å². The third-order valence-corrected chi connectivity index (χ3v) is 3.51. The largest absolute Gasteiger partial charge is 0.467 e. The zero-order chi connectivity index (χ0) is 13.4. The molecule has 0 spiro atoms. The Kier molecular flexibility index (Phi) is 6.12. The number of carbonyl (C=O) groups excluding carboxylic acids is 2. The number of amides is 1. The quantitative estimate of drug-likeness (QED) is 0.568. The van der Waals surface area contributed by atoms with Crippen molar-refractivity contribution in [2.24, 2.45) is 0 Å². The molecule has 1 aliphatic rings. The van der Waals surface area contributed by atoms with Crippen LogP contribution >= 0.6 is 0 Å². The van der Waals surface area contributed by atoms with Crippen molar-refractivity contribution in [2.45, 2.75) is 50.5 Å². The maximum absolute atomic E-state index is 12.0. The van der Waals surface area contributed by atoms with Crippen molar-refractivity contribution >= 4 is 11.9 Å². The fourth-order valence-corrected chi connectivity index (χ4v) is 2.48. The SMILES string of the molecule is CNCCC(=O)NC1(C(=O)OC)CCCCCC1. The molecule has 0 radical (unpaired) electrons. The molecule has 0 atom stereocenters. The standard InChI is InChI=1S/C13H24N2O3/c1-14-10-7-11(16)15-13(12(17)18-2)8-5-3-4-6-9-13/h14H,3-10H2,1-2H3,(H,15,16). The van der Waals surface area contributed by atoms with Gasteiger partial charge in [-0.15, -0.1) is 0 Å². The van der Waals surface area contributed by atoms with Gasteiger partial charge < -0.3 is 15.4 Å². The van der Waals surface area contributed by atoms with Crippen LogP contribution < -0.4 is 10.6 Å². The lowest BCUT2D eigenvalue weighted by Gasteiger charge is -2.30. The van der Waals surface area contributed by atoms with Crippen molar-refractivity contribution < 1.29 is 14.3 Å². The van der Waals surface area contributed by atoms with Crippen LogP contribution in [0.25, 0.3) is 0 Å². The third-order valence-electron chi connectivity index (χ3n) is 3.51. The molecule has 0 aromatic heterocycles. The van der Waals surface area contributed by atoms with Crippen molar-refractivity contribution in [1.29, 1.82) is 0 Å². The summed E-state index contributed by atoms with van der Waals surface area (Å²) in [5.41, 5.74) is -0.796. The average Bonchev–Trinajstić information content (AvgIpc) is 2.62. The van der Waals surface area contributed by atoms with Crippen molar-refractivity contribution in [3.8, 4) is 0 Å². The monoisotopic (exact) mass is 256 g/mol. The maximum atomic E-state index is 12.0. The topological polar surface area (TPSA) is 67.4 Å². The first kappa shape index (κ1) is 15.0. The van der Waals surface area contributed by atoms with Gasteiger partial charge in [-0.1, -0.05) is 25.7 Å². The van der Waals surface area contributed by atoms with E-state index in [1.807, 2.05) is 0 Å². The van der Waals surface area contributed by atoms with Crippen LogP contribution in [0.4, 0.5) is 0 Å². The van der Waals surface area contributed by atoms with Gasteiger partial charge in [0.1, 0.15) is 5.54 Å². The number of ether oxygens (including phenoxy) is 1. The number of nitrogens with one attached hydrogen (secondary N) is 2. The average molecular weight is 256 g/mol. The molecular formula is C13H24N2O3. The smallest absolute Gasteiger partial charge is 0.331 e. The lowest BCUT2D eigenvalue weighted by molar-refractivity contribution is -0.151. The highest BCUT2D eigenvalue weighted by Crippen LogP contribution is 2.28. The molecule has 0 bridgehead atoms. The molecule has 2 N–H and O–H groups in total. The first-order valence-corrected chi connectivity index (χ1v) is 6.68. The summed E-state index contributed by atoms with van der Waals surface area (Å²) in [5, 5.41) is 5.83. The first-order valence-electron chi connectivity index (χ1n) is 6.68. The third kappa shape index (κ3) is 3.98. The predicted octanol–water partition coefficient (Wildman–Crippen LogP) is 0.978. The Labute approximate surface area is 109 Å². The molecule has 1 aliphatic carbocycles. The number of carbonyl (C=O) groups is 2. The summed E-state index contributed by atoms with van der Waals surface area (Å²) in [6.45, 7) is 0.614. The Morgan fingerprint density at radius 2 is 1.78 bits per heavy atom. The fourth-order valence-electron chi connectivity index (χ4n) is 2.48. The highest BCUT2D eigenvalue weighted by Gasteiger charge is 2.40. The Morgan fingerprint density at radius 1 is 1.17 bits per heavy atom. The van der Waals surface area contributed by atoms with E-state index >= 15 is 0 Å². The van der Waals surface area contributed by atoms with Gasteiger partial charge in [-0.25, -0.2) is 4.79 Å². The van der Waals surface area contributed by atoms with E-state index < -0.39 is 5.54 Å². The van der Waals surface area contributed by atoms with E-state index in [4.69, 9.17) is 4.74 Å². The van der Waals surface area contributed by atoms with E-state index in [0.717, 1.165) is 25.7 Å². The molecule has 0 unspecified atom stereocenters. The van der Waals surface area contributed by atoms with E-state index in [9.17, 15) is 9.59 Å². The first-order chi connectivity index (χ1) is 8.64. The molecule has 1 amide bonds. The van der Waals surface area contributed by atoms with Gasteiger partial charge in [-0.2, -0.15) is 0 Å². The molecule has 1 saturated carbocycles. The van der Waals surface area contributed by atoms with Gasteiger partial charge in [0, 0.05) is 13.0 Å². The summed E-state index contributed by atoms with van der Waals surface area (Å²) in [4.78, 5) is 23.8. The molecule has 5 heteroatoms. The van der Waals surface area contributed by atoms with Crippen molar-refractivity contribution in [3.63, 3.8) is 0 Å². The van der Waals surface area contributed by atoms with Gasteiger partial charge in [0.2, 0.25) is 5.91 Å². The number of esters is 1. The Morgan fingerprint density at radius 3 is 2.28 bits per heavy atom. The molecule has 5 nitrogen and oxygen atoms in total. The fraction of sp³-hybridized carbons (Fsp3) is 0.846. The van der Waals surface area contributed by atoms with Crippen LogP contribution in [0.15, 0.2) is 0 Å². The highest BCUT2D eigenvalue weighted by atomic mass is 16.5. The molecule has 0 heterocycles. The second kappa shape index (κ2) is 7.36. The second-order valence-corrected chi connectivity index (χ2v) is 4.89.